The number of methoxy groups -OCH3 is 1. The van der Waals surface area contributed by atoms with Crippen LogP contribution in [0, 0.1) is 12.7 Å². The zero-order valence-electron chi connectivity index (χ0n) is 16.2. The molecule has 0 saturated carbocycles. The van der Waals surface area contributed by atoms with Gasteiger partial charge in [-0.1, -0.05) is 30.3 Å². The van der Waals surface area contributed by atoms with Crippen molar-refractivity contribution in [2.45, 2.75) is 32.5 Å². The van der Waals surface area contributed by atoms with Crippen LogP contribution in [0.4, 0.5) is 4.39 Å². The van der Waals surface area contributed by atoms with Gasteiger partial charge in [0.2, 0.25) is 0 Å². The van der Waals surface area contributed by atoms with Gasteiger partial charge in [0.1, 0.15) is 11.6 Å². The number of aliphatic hydroxyl groups excluding tert-OH is 1. The Bertz CT molecular complexity index is 753. The smallest absolute Gasteiger partial charge is 0.127 e. The molecule has 4 nitrogen and oxygen atoms in total. The van der Waals surface area contributed by atoms with Gasteiger partial charge in [-0.3, -0.25) is 9.80 Å². The van der Waals surface area contributed by atoms with Crippen molar-refractivity contribution in [1.82, 2.24) is 9.80 Å². The fourth-order valence-electron chi connectivity index (χ4n) is 3.87. The number of hydrogen-bond donors (Lipinski definition) is 1. The maximum absolute atomic E-state index is 14.0. The van der Waals surface area contributed by atoms with Crippen LogP contribution >= 0.6 is 0 Å². The zero-order valence-corrected chi connectivity index (χ0v) is 16.2. The Morgan fingerprint density at radius 1 is 1.15 bits per heavy atom. The van der Waals surface area contributed by atoms with E-state index in [0.717, 1.165) is 49.5 Å². The van der Waals surface area contributed by atoms with Gasteiger partial charge in [-0.25, -0.2) is 4.39 Å². The van der Waals surface area contributed by atoms with Gasteiger partial charge in [0, 0.05) is 50.9 Å². The topological polar surface area (TPSA) is 35.9 Å². The van der Waals surface area contributed by atoms with Crippen LogP contribution in [-0.4, -0.2) is 54.3 Å². The molecule has 1 aliphatic rings. The lowest BCUT2D eigenvalue weighted by Gasteiger charge is -2.41. The van der Waals surface area contributed by atoms with Crippen LogP contribution in [0.3, 0.4) is 0 Å². The molecule has 1 N–H and O–H groups in total. The second kappa shape index (κ2) is 9.31. The number of aryl methyl sites for hydroxylation is 1. The van der Waals surface area contributed by atoms with Crippen LogP contribution in [0.25, 0.3) is 0 Å². The van der Waals surface area contributed by atoms with Crippen molar-refractivity contribution >= 4 is 0 Å². The van der Waals surface area contributed by atoms with Gasteiger partial charge in [0.25, 0.3) is 0 Å². The summed E-state index contributed by atoms with van der Waals surface area (Å²) in [6.45, 7) is 6.32. The maximum atomic E-state index is 14.0. The lowest BCUT2D eigenvalue weighted by molar-refractivity contribution is 0.0494. The van der Waals surface area contributed by atoms with Crippen molar-refractivity contribution in [2.24, 2.45) is 0 Å². The van der Waals surface area contributed by atoms with Gasteiger partial charge < -0.3 is 9.84 Å². The van der Waals surface area contributed by atoms with Crippen LogP contribution in [0.1, 0.15) is 23.1 Å². The molecule has 0 aromatic heterocycles. The molecule has 1 aliphatic heterocycles. The molecule has 0 spiro atoms. The predicted molar refractivity (Wildman–Crippen MR) is 105 cm³/mol. The van der Waals surface area contributed by atoms with Crippen molar-refractivity contribution in [1.29, 1.82) is 0 Å². The van der Waals surface area contributed by atoms with Crippen molar-refractivity contribution in [2.75, 3.05) is 33.4 Å². The fourth-order valence-corrected chi connectivity index (χ4v) is 3.87. The van der Waals surface area contributed by atoms with E-state index in [0.29, 0.717) is 6.54 Å². The number of hydrogen-bond acceptors (Lipinski definition) is 4. The Balaban J connectivity index is 1.65. The Labute approximate surface area is 161 Å². The molecule has 27 heavy (non-hydrogen) atoms. The van der Waals surface area contributed by atoms with Crippen LogP contribution in [0.15, 0.2) is 42.5 Å². The molecule has 1 saturated heterocycles. The van der Waals surface area contributed by atoms with E-state index in [1.807, 2.05) is 18.2 Å². The fraction of sp³-hybridized carbons (Fsp3) is 0.455. The molecule has 146 valence electrons. The van der Waals surface area contributed by atoms with E-state index in [2.05, 4.69) is 28.9 Å². The third-order valence-corrected chi connectivity index (χ3v) is 5.35. The maximum Gasteiger partial charge on any atom is 0.127 e. The highest BCUT2D eigenvalue weighted by atomic mass is 19.1. The standard InChI is InChI=1S/C22H29FN2O2/c1-17-13-18(7-8-22(17)27-2)14-25-11-10-24(16-20(25)9-12-26)15-19-5-3-4-6-21(19)23/h3-8,13,20,26H,9-12,14-16H2,1-2H3/t20-/m0/s1. The number of aliphatic hydroxyl groups is 1. The van der Waals surface area contributed by atoms with E-state index < -0.39 is 0 Å². The first-order chi connectivity index (χ1) is 13.1. The van der Waals surface area contributed by atoms with E-state index in [-0.39, 0.29) is 18.5 Å². The minimum Gasteiger partial charge on any atom is -0.496 e. The molecule has 2 aromatic rings. The van der Waals surface area contributed by atoms with Crippen molar-refractivity contribution in [3.05, 3.63) is 65.0 Å². The van der Waals surface area contributed by atoms with Crippen molar-refractivity contribution in [3.8, 4) is 5.75 Å². The highest BCUT2D eigenvalue weighted by Crippen LogP contribution is 2.23. The predicted octanol–water partition coefficient (Wildman–Crippen LogP) is 3.21. The van der Waals surface area contributed by atoms with Crippen LogP contribution in [0.2, 0.25) is 0 Å². The summed E-state index contributed by atoms with van der Waals surface area (Å²) < 4.78 is 19.3. The van der Waals surface area contributed by atoms with Gasteiger partial charge in [0.15, 0.2) is 0 Å². The normalized spacial score (nSPS) is 18.6. The van der Waals surface area contributed by atoms with E-state index >= 15 is 0 Å². The molecule has 0 radical (unpaired) electrons. The summed E-state index contributed by atoms with van der Waals surface area (Å²) >= 11 is 0. The minimum atomic E-state index is -0.146. The summed E-state index contributed by atoms with van der Waals surface area (Å²) in [7, 11) is 1.69. The number of rotatable bonds is 7. The van der Waals surface area contributed by atoms with Crippen molar-refractivity contribution < 1.29 is 14.2 Å². The minimum absolute atomic E-state index is 0.146. The average molecular weight is 372 g/mol. The third-order valence-electron chi connectivity index (χ3n) is 5.35. The summed E-state index contributed by atoms with van der Waals surface area (Å²) in [6.07, 6.45) is 0.725. The first-order valence-electron chi connectivity index (χ1n) is 9.55. The largest absolute Gasteiger partial charge is 0.496 e. The molecule has 1 atom stereocenters. The van der Waals surface area contributed by atoms with Gasteiger partial charge in [-0.15, -0.1) is 0 Å². The Morgan fingerprint density at radius 2 is 1.96 bits per heavy atom. The number of piperazine rings is 1. The zero-order chi connectivity index (χ0) is 19.2. The first-order valence-corrected chi connectivity index (χ1v) is 9.55. The lowest BCUT2D eigenvalue weighted by Crippen LogP contribution is -2.52. The quantitative estimate of drug-likeness (QED) is 0.810. The average Bonchev–Trinajstić information content (AvgIpc) is 2.66. The second-order valence-corrected chi connectivity index (χ2v) is 7.27. The van der Waals surface area contributed by atoms with Gasteiger partial charge >= 0.3 is 0 Å². The molecular weight excluding hydrogens is 343 g/mol. The molecule has 1 heterocycles. The number of nitrogens with zero attached hydrogens (tertiary/aromatic N) is 2. The summed E-state index contributed by atoms with van der Waals surface area (Å²) in [5, 5.41) is 9.51. The monoisotopic (exact) mass is 372 g/mol. The number of halogens is 1. The number of benzene rings is 2. The van der Waals surface area contributed by atoms with E-state index in [1.165, 1.54) is 11.6 Å². The van der Waals surface area contributed by atoms with E-state index in [4.69, 9.17) is 4.74 Å². The van der Waals surface area contributed by atoms with Crippen LogP contribution < -0.4 is 4.74 Å². The molecular formula is C22H29FN2O2. The molecule has 2 aromatic carbocycles. The lowest BCUT2D eigenvalue weighted by atomic mass is 10.0. The Hall–Kier alpha value is -1.95. The van der Waals surface area contributed by atoms with Gasteiger partial charge in [0.05, 0.1) is 7.11 Å². The SMILES string of the molecule is COc1ccc(CN2CCN(Cc3ccccc3F)C[C@@H]2CCO)cc1C. The molecule has 3 rings (SSSR count). The Kier molecular flexibility index (Phi) is 6.83. The number of ether oxygens (including phenoxy) is 1. The molecule has 1 fully saturated rings. The van der Waals surface area contributed by atoms with Crippen molar-refractivity contribution in [3.63, 3.8) is 0 Å². The van der Waals surface area contributed by atoms with Crippen LogP contribution in [-0.2, 0) is 13.1 Å². The molecule has 0 aliphatic carbocycles. The van der Waals surface area contributed by atoms with E-state index in [1.54, 1.807) is 13.2 Å². The summed E-state index contributed by atoms with van der Waals surface area (Å²) in [6, 6.07) is 13.5. The molecule has 0 bridgehead atoms. The highest BCUT2D eigenvalue weighted by molar-refractivity contribution is 5.36. The third kappa shape index (κ3) is 5.06. The summed E-state index contributed by atoms with van der Waals surface area (Å²) in [5.41, 5.74) is 3.12. The van der Waals surface area contributed by atoms with Gasteiger partial charge in [-0.2, -0.15) is 0 Å². The summed E-state index contributed by atoms with van der Waals surface area (Å²) in [4.78, 5) is 4.71. The van der Waals surface area contributed by atoms with E-state index in [9.17, 15) is 9.50 Å². The van der Waals surface area contributed by atoms with Crippen LogP contribution in [0.5, 0.6) is 5.75 Å². The van der Waals surface area contributed by atoms with Gasteiger partial charge in [-0.05, 0) is 36.6 Å². The highest BCUT2D eigenvalue weighted by Gasteiger charge is 2.27. The molecule has 5 heteroatoms. The second-order valence-electron chi connectivity index (χ2n) is 7.27. The molecule has 0 amide bonds. The first kappa shape index (κ1) is 19.8. The molecule has 0 unspecified atom stereocenters. The summed E-state index contributed by atoms with van der Waals surface area (Å²) in [5.74, 6) is 0.757. The Morgan fingerprint density at radius 3 is 2.67 bits per heavy atom.